The van der Waals surface area contributed by atoms with Gasteiger partial charge in [0, 0.05) is 17.8 Å². The molecule has 104 valence electrons. The number of nitrogens with zero attached hydrogens (tertiary/aromatic N) is 4. The third kappa shape index (κ3) is 2.07. The summed E-state index contributed by atoms with van der Waals surface area (Å²) in [5, 5.41) is 8.93. The van der Waals surface area contributed by atoms with Gasteiger partial charge in [0.1, 0.15) is 0 Å². The zero-order valence-corrected chi connectivity index (χ0v) is 11.5. The van der Waals surface area contributed by atoms with E-state index in [4.69, 9.17) is 5.84 Å². The number of nitrogens with two attached hydrogens (primary N) is 1. The molecule has 3 heterocycles. The van der Waals surface area contributed by atoms with Crippen LogP contribution < -0.4 is 16.0 Å². The molecular weight excluding hydrogens is 302 g/mol. The zero-order valence-electron chi connectivity index (χ0n) is 9.89. The summed E-state index contributed by atoms with van der Waals surface area (Å²) >= 11 is 1.30. The summed E-state index contributed by atoms with van der Waals surface area (Å²) in [6, 6.07) is 3.06. The van der Waals surface area contributed by atoms with Crippen molar-refractivity contribution in [1.82, 2.24) is 19.6 Å². The Morgan fingerprint density at radius 2 is 2.25 bits per heavy atom. The molecule has 0 aliphatic heterocycles. The first-order valence-electron chi connectivity index (χ1n) is 5.34. The van der Waals surface area contributed by atoms with Gasteiger partial charge in [0.2, 0.25) is 5.03 Å². The van der Waals surface area contributed by atoms with E-state index < -0.39 is 10.0 Å². The fraction of sp³-hybridized carbons (Fsp3) is 0. The smallest absolute Gasteiger partial charge is 0.283 e. The number of anilines is 2. The highest BCUT2D eigenvalue weighted by atomic mass is 32.2. The van der Waals surface area contributed by atoms with Crippen molar-refractivity contribution in [3.8, 4) is 0 Å². The molecule has 0 unspecified atom stereocenters. The molecule has 0 bridgehead atoms. The number of fused-ring (bicyclic) bond motifs is 1. The summed E-state index contributed by atoms with van der Waals surface area (Å²) in [6.07, 6.45) is 3.04. The first-order valence-corrected chi connectivity index (χ1v) is 7.71. The van der Waals surface area contributed by atoms with Crippen molar-refractivity contribution in [2.75, 3.05) is 10.1 Å². The van der Waals surface area contributed by atoms with Crippen molar-refractivity contribution < 1.29 is 8.42 Å². The number of aromatic nitrogens is 4. The Labute approximate surface area is 117 Å². The molecule has 3 aromatic heterocycles. The standard InChI is InChI=1S/C9H9N7O2S2/c10-13-7-8(16-4-5-19-9(16)12-7)20(17,18)15-6-2-1-3-11-14-6/h1-5,13H,10H2,(H,14,15). The quantitative estimate of drug-likeness (QED) is 0.466. The molecule has 0 saturated heterocycles. The van der Waals surface area contributed by atoms with Gasteiger partial charge in [-0.3, -0.25) is 9.12 Å². The minimum absolute atomic E-state index is 0.0632. The van der Waals surface area contributed by atoms with E-state index in [2.05, 4.69) is 25.3 Å². The Morgan fingerprint density at radius 3 is 2.95 bits per heavy atom. The normalized spacial score (nSPS) is 11.7. The summed E-state index contributed by atoms with van der Waals surface area (Å²) in [5.41, 5.74) is 2.28. The summed E-state index contributed by atoms with van der Waals surface area (Å²) in [5.74, 6) is 5.50. The minimum Gasteiger partial charge on any atom is -0.306 e. The molecule has 20 heavy (non-hydrogen) atoms. The molecule has 4 N–H and O–H groups in total. The predicted molar refractivity (Wildman–Crippen MR) is 73.7 cm³/mol. The average Bonchev–Trinajstić information content (AvgIpc) is 2.98. The van der Waals surface area contributed by atoms with Crippen LogP contribution in [0, 0.1) is 0 Å². The summed E-state index contributed by atoms with van der Waals surface area (Å²) in [6.45, 7) is 0. The third-order valence-corrected chi connectivity index (χ3v) is 4.55. The number of rotatable bonds is 4. The Bertz CT molecular complexity index is 840. The summed E-state index contributed by atoms with van der Waals surface area (Å²) in [4.78, 5) is 4.60. The van der Waals surface area contributed by atoms with Gasteiger partial charge >= 0.3 is 0 Å². The highest BCUT2D eigenvalue weighted by Gasteiger charge is 2.26. The van der Waals surface area contributed by atoms with Crippen LogP contribution in [0.4, 0.5) is 11.6 Å². The molecule has 0 spiro atoms. The Kier molecular flexibility index (Phi) is 3.00. The number of nitrogens with one attached hydrogen (secondary N) is 2. The van der Waals surface area contributed by atoms with Crippen LogP contribution in [0.2, 0.25) is 0 Å². The largest absolute Gasteiger partial charge is 0.306 e. The molecule has 0 atom stereocenters. The van der Waals surface area contributed by atoms with E-state index in [0.29, 0.717) is 4.96 Å². The fourth-order valence-electron chi connectivity index (χ4n) is 1.66. The van der Waals surface area contributed by atoms with Gasteiger partial charge < -0.3 is 5.43 Å². The van der Waals surface area contributed by atoms with Gasteiger partial charge in [-0.15, -0.1) is 16.4 Å². The number of hydrogen-bond acceptors (Lipinski definition) is 8. The Morgan fingerprint density at radius 1 is 1.40 bits per heavy atom. The van der Waals surface area contributed by atoms with Crippen molar-refractivity contribution in [2.24, 2.45) is 5.84 Å². The van der Waals surface area contributed by atoms with Crippen LogP contribution in [0.25, 0.3) is 4.96 Å². The number of sulfonamides is 1. The molecule has 0 aromatic carbocycles. The monoisotopic (exact) mass is 311 g/mol. The molecule has 11 heteroatoms. The van der Waals surface area contributed by atoms with E-state index in [9.17, 15) is 8.42 Å². The number of hydrazine groups is 1. The average molecular weight is 311 g/mol. The number of thiazole rings is 1. The molecule has 0 aliphatic carbocycles. The number of imidazole rings is 1. The second kappa shape index (κ2) is 4.70. The van der Waals surface area contributed by atoms with Crippen LogP contribution in [0.5, 0.6) is 0 Å². The van der Waals surface area contributed by atoms with E-state index in [1.165, 1.54) is 28.0 Å². The van der Waals surface area contributed by atoms with E-state index in [0.717, 1.165) is 0 Å². The van der Waals surface area contributed by atoms with Crippen molar-refractivity contribution in [3.05, 3.63) is 29.9 Å². The Hall–Kier alpha value is -2.24. The lowest BCUT2D eigenvalue weighted by atomic mass is 10.6. The molecule has 3 rings (SSSR count). The maximum atomic E-state index is 12.4. The maximum absolute atomic E-state index is 12.4. The van der Waals surface area contributed by atoms with E-state index in [1.54, 1.807) is 17.6 Å². The molecule has 9 nitrogen and oxygen atoms in total. The molecule has 0 saturated carbocycles. The van der Waals surface area contributed by atoms with Crippen molar-refractivity contribution in [2.45, 2.75) is 5.03 Å². The molecule has 0 fully saturated rings. The lowest BCUT2D eigenvalue weighted by Crippen LogP contribution is -2.19. The van der Waals surface area contributed by atoms with Crippen molar-refractivity contribution >= 4 is 38.0 Å². The summed E-state index contributed by atoms with van der Waals surface area (Å²) in [7, 11) is -3.90. The lowest BCUT2D eigenvalue weighted by molar-refractivity contribution is 0.596. The maximum Gasteiger partial charge on any atom is 0.283 e. The molecule has 0 amide bonds. The second-order valence-corrected chi connectivity index (χ2v) is 6.15. The Balaban J connectivity index is 2.11. The van der Waals surface area contributed by atoms with Gasteiger partial charge in [-0.25, -0.2) is 5.84 Å². The highest BCUT2D eigenvalue weighted by molar-refractivity contribution is 7.92. The van der Waals surface area contributed by atoms with Crippen molar-refractivity contribution in [3.63, 3.8) is 0 Å². The molecule has 0 aliphatic rings. The minimum atomic E-state index is -3.90. The van der Waals surface area contributed by atoms with Gasteiger partial charge in [0.25, 0.3) is 10.0 Å². The van der Waals surface area contributed by atoms with Crippen LogP contribution in [0.1, 0.15) is 0 Å². The molecule has 0 radical (unpaired) electrons. The third-order valence-electron chi connectivity index (χ3n) is 2.42. The highest BCUT2D eigenvalue weighted by Crippen LogP contribution is 2.26. The van der Waals surface area contributed by atoms with Gasteiger partial charge in [-0.1, -0.05) is 0 Å². The van der Waals surface area contributed by atoms with Gasteiger partial charge in [-0.2, -0.15) is 18.5 Å². The summed E-state index contributed by atoms with van der Waals surface area (Å²) < 4.78 is 28.6. The van der Waals surface area contributed by atoms with Gasteiger partial charge in [0.15, 0.2) is 16.6 Å². The fourth-order valence-corrected chi connectivity index (χ4v) is 3.68. The van der Waals surface area contributed by atoms with Crippen LogP contribution in [0.15, 0.2) is 34.9 Å². The topological polar surface area (TPSA) is 127 Å². The van der Waals surface area contributed by atoms with E-state index >= 15 is 0 Å². The van der Waals surface area contributed by atoms with Crippen LogP contribution in [-0.2, 0) is 10.0 Å². The van der Waals surface area contributed by atoms with Crippen LogP contribution >= 0.6 is 11.3 Å². The SMILES string of the molecule is NNc1nc2sccn2c1S(=O)(=O)Nc1cccnn1. The molecule has 3 aromatic rings. The van der Waals surface area contributed by atoms with Crippen LogP contribution in [-0.4, -0.2) is 28.0 Å². The second-order valence-electron chi connectivity index (χ2n) is 3.68. The van der Waals surface area contributed by atoms with Gasteiger partial charge in [-0.05, 0) is 12.1 Å². The zero-order chi connectivity index (χ0) is 14.2. The van der Waals surface area contributed by atoms with Gasteiger partial charge in [0.05, 0.1) is 0 Å². The van der Waals surface area contributed by atoms with Crippen LogP contribution in [0.3, 0.4) is 0 Å². The number of hydrogen-bond donors (Lipinski definition) is 3. The molecular formula is C9H9N7O2S2. The number of nitrogen functional groups attached to an aromatic ring is 1. The first kappa shape index (κ1) is 12.8. The van der Waals surface area contributed by atoms with E-state index in [1.807, 2.05) is 0 Å². The first-order chi connectivity index (χ1) is 9.62. The predicted octanol–water partition coefficient (Wildman–Crippen LogP) is 0.272. The van der Waals surface area contributed by atoms with Crippen molar-refractivity contribution in [1.29, 1.82) is 0 Å². The van der Waals surface area contributed by atoms with E-state index in [-0.39, 0.29) is 16.7 Å². The lowest BCUT2D eigenvalue weighted by Gasteiger charge is -2.07.